The van der Waals surface area contributed by atoms with Crippen molar-refractivity contribution in [3.8, 4) is 11.5 Å². The molecule has 2 rings (SSSR count). The zero-order valence-electron chi connectivity index (χ0n) is 12.5. The van der Waals surface area contributed by atoms with E-state index in [0.717, 1.165) is 24.3 Å². The second-order valence-electron chi connectivity index (χ2n) is 5.09. The van der Waals surface area contributed by atoms with E-state index < -0.39 is 0 Å². The topological polar surface area (TPSA) is 18.5 Å². The minimum Gasteiger partial charge on any atom is -0.497 e. The maximum Gasteiger partial charge on any atom is 0.122 e. The van der Waals surface area contributed by atoms with Crippen molar-refractivity contribution in [3.05, 3.63) is 59.7 Å². The average molecular weight is 305 g/mol. The van der Waals surface area contributed by atoms with Crippen LogP contribution in [-0.2, 0) is 12.8 Å². The fourth-order valence-electron chi connectivity index (χ4n) is 2.50. The molecule has 21 heavy (non-hydrogen) atoms. The number of alkyl halides is 1. The second kappa shape index (κ2) is 7.94. The van der Waals surface area contributed by atoms with Gasteiger partial charge in [-0.1, -0.05) is 30.3 Å². The van der Waals surface area contributed by atoms with Gasteiger partial charge < -0.3 is 9.47 Å². The number of hydrogen-bond donors (Lipinski definition) is 0. The van der Waals surface area contributed by atoms with Crippen molar-refractivity contribution in [1.82, 2.24) is 0 Å². The minimum absolute atomic E-state index is 0.370. The van der Waals surface area contributed by atoms with Gasteiger partial charge in [0.05, 0.1) is 14.2 Å². The lowest BCUT2D eigenvalue weighted by Crippen LogP contribution is -2.11. The molecule has 2 aromatic rings. The monoisotopic (exact) mass is 304 g/mol. The van der Waals surface area contributed by atoms with E-state index in [4.69, 9.17) is 21.1 Å². The summed E-state index contributed by atoms with van der Waals surface area (Å²) < 4.78 is 10.7. The third-order valence-electron chi connectivity index (χ3n) is 3.58. The van der Waals surface area contributed by atoms with Crippen LogP contribution in [0.25, 0.3) is 0 Å². The fourth-order valence-corrected chi connectivity index (χ4v) is 2.71. The Morgan fingerprint density at radius 3 is 2.48 bits per heavy atom. The molecular formula is C18H21ClO2. The summed E-state index contributed by atoms with van der Waals surface area (Å²) in [4.78, 5) is 0. The van der Waals surface area contributed by atoms with Crippen molar-refractivity contribution < 1.29 is 9.47 Å². The maximum absolute atomic E-state index is 6.16. The van der Waals surface area contributed by atoms with Gasteiger partial charge >= 0.3 is 0 Å². The molecule has 0 N–H and O–H groups in total. The lowest BCUT2D eigenvalue weighted by molar-refractivity contribution is 0.405. The van der Waals surface area contributed by atoms with Crippen molar-refractivity contribution in [2.45, 2.75) is 12.8 Å². The number of methoxy groups -OCH3 is 2. The molecule has 0 radical (unpaired) electrons. The van der Waals surface area contributed by atoms with Gasteiger partial charge in [0.2, 0.25) is 0 Å². The molecule has 0 aromatic heterocycles. The van der Waals surface area contributed by atoms with Crippen molar-refractivity contribution in [1.29, 1.82) is 0 Å². The van der Waals surface area contributed by atoms with Crippen LogP contribution in [0.4, 0.5) is 0 Å². The summed E-state index contributed by atoms with van der Waals surface area (Å²) in [5, 5.41) is 0. The lowest BCUT2D eigenvalue weighted by atomic mass is 9.93. The molecule has 0 spiro atoms. The molecule has 0 aliphatic heterocycles. The van der Waals surface area contributed by atoms with Gasteiger partial charge in [-0.25, -0.2) is 0 Å². The van der Waals surface area contributed by atoms with Gasteiger partial charge in [-0.3, -0.25) is 0 Å². The third-order valence-corrected chi connectivity index (χ3v) is 4.01. The van der Waals surface area contributed by atoms with Crippen molar-refractivity contribution in [3.63, 3.8) is 0 Å². The third kappa shape index (κ3) is 4.40. The van der Waals surface area contributed by atoms with Crippen LogP contribution < -0.4 is 9.47 Å². The molecule has 0 amide bonds. The van der Waals surface area contributed by atoms with Crippen molar-refractivity contribution in [2.24, 2.45) is 5.92 Å². The molecule has 0 saturated carbocycles. The molecule has 0 fully saturated rings. The van der Waals surface area contributed by atoms with Crippen molar-refractivity contribution in [2.75, 3.05) is 20.1 Å². The molecule has 0 aliphatic rings. The molecule has 2 aromatic carbocycles. The van der Waals surface area contributed by atoms with Crippen LogP contribution in [0.2, 0.25) is 0 Å². The number of benzene rings is 2. The predicted octanol–water partition coefficient (Wildman–Crippen LogP) is 4.34. The Morgan fingerprint density at radius 1 is 0.952 bits per heavy atom. The molecule has 0 heterocycles. The summed E-state index contributed by atoms with van der Waals surface area (Å²) >= 11 is 6.16. The van der Waals surface area contributed by atoms with Crippen LogP contribution in [0.5, 0.6) is 11.5 Å². The Balaban J connectivity index is 2.09. The van der Waals surface area contributed by atoms with E-state index in [0.29, 0.717) is 11.8 Å². The average Bonchev–Trinajstić information content (AvgIpc) is 2.54. The molecule has 0 aliphatic carbocycles. The summed E-state index contributed by atoms with van der Waals surface area (Å²) in [5.74, 6) is 2.81. The highest BCUT2D eigenvalue weighted by molar-refractivity contribution is 6.18. The predicted molar refractivity (Wildman–Crippen MR) is 87.6 cm³/mol. The van der Waals surface area contributed by atoms with E-state index in [-0.39, 0.29) is 0 Å². The molecule has 1 atom stereocenters. The molecule has 1 unspecified atom stereocenters. The first-order valence-electron chi connectivity index (χ1n) is 7.07. The molecule has 112 valence electrons. The van der Waals surface area contributed by atoms with E-state index >= 15 is 0 Å². The summed E-state index contributed by atoms with van der Waals surface area (Å²) in [7, 11) is 3.39. The number of ether oxygens (including phenoxy) is 2. The molecule has 0 bridgehead atoms. The van der Waals surface area contributed by atoms with Crippen molar-refractivity contribution >= 4 is 11.6 Å². The zero-order chi connectivity index (χ0) is 15.1. The quantitative estimate of drug-likeness (QED) is 0.708. The fraction of sp³-hybridized carbons (Fsp3) is 0.333. The smallest absolute Gasteiger partial charge is 0.122 e. The number of hydrogen-bond acceptors (Lipinski definition) is 2. The zero-order valence-corrected chi connectivity index (χ0v) is 13.3. The summed E-state index contributed by atoms with van der Waals surface area (Å²) in [5.41, 5.74) is 2.45. The van der Waals surface area contributed by atoms with E-state index in [1.54, 1.807) is 14.2 Å². The van der Waals surface area contributed by atoms with Crippen LogP contribution in [-0.4, -0.2) is 20.1 Å². The first-order chi connectivity index (χ1) is 10.3. The molecule has 2 nitrogen and oxygen atoms in total. The van der Waals surface area contributed by atoms with Gasteiger partial charge in [-0.05, 0) is 48.1 Å². The largest absolute Gasteiger partial charge is 0.497 e. The van der Waals surface area contributed by atoms with Crippen LogP contribution in [0.15, 0.2) is 48.5 Å². The standard InChI is InChI=1S/C18H21ClO2/c1-20-17-8-5-6-14(12-17)10-15(13-19)11-16-7-3-4-9-18(16)21-2/h3-9,12,15H,10-11,13H2,1-2H3. The van der Waals surface area contributed by atoms with Crippen LogP contribution in [0.3, 0.4) is 0 Å². The second-order valence-corrected chi connectivity index (χ2v) is 5.40. The van der Waals surface area contributed by atoms with Gasteiger partial charge in [-0.15, -0.1) is 11.6 Å². The highest BCUT2D eigenvalue weighted by Crippen LogP contribution is 2.24. The molecule has 3 heteroatoms. The highest BCUT2D eigenvalue weighted by atomic mass is 35.5. The Hall–Kier alpha value is -1.67. The SMILES string of the molecule is COc1cccc(CC(CCl)Cc2ccccc2OC)c1. The maximum atomic E-state index is 6.16. The van der Waals surface area contributed by atoms with Gasteiger partial charge in [0.15, 0.2) is 0 Å². The van der Waals surface area contributed by atoms with Crippen LogP contribution in [0.1, 0.15) is 11.1 Å². The number of halogens is 1. The first kappa shape index (κ1) is 15.7. The Kier molecular flexibility index (Phi) is 5.94. The summed E-state index contributed by atoms with van der Waals surface area (Å²) in [6, 6.07) is 16.3. The normalized spacial score (nSPS) is 12.0. The van der Waals surface area contributed by atoms with Gasteiger partial charge in [0.25, 0.3) is 0 Å². The lowest BCUT2D eigenvalue weighted by Gasteiger charge is -2.16. The van der Waals surface area contributed by atoms with E-state index in [1.165, 1.54) is 11.1 Å². The highest BCUT2D eigenvalue weighted by Gasteiger charge is 2.13. The van der Waals surface area contributed by atoms with Crippen LogP contribution in [0, 0.1) is 5.92 Å². The van der Waals surface area contributed by atoms with E-state index in [2.05, 4.69) is 18.2 Å². The Morgan fingerprint density at radius 2 is 1.76 bits per heavy atom. The van der Waals surface area contributed by atoms with E-state index in [9.17, 15) is 0 Å². The Labute approximate surface area is 131 Å². The van der Waals surface area contributed by atoms with Gasteiger partial charge in [0.1, 0.15) is 11.5 Å². The Bertz CT molecular complexity index is 569. The minimum atomic E-state index is 0.370. The molecule has 0 saturated heterocycles. The van der Waals surface area contributed by atoms with Gasteiger partial charge in [-0.2, -0.15) is 0 Å². The number of para-hydroxylation sites is 1. The van der Waals surface area contributed by atoms with Crippen LogP contribution >= 0.6 is 11.6 Å². The summed E-state index contributed by atoms with van der Waals surface area (Å²) in [6.45, 7) is 0. The first-order valence-corrected chi connectivity index (χ1v) is 7.61. The molecular weight excluding hydrogens is 284 g/mol. The number of rotatable bonds is 7. The summed E-state index contributed by atoms with van der Waals surface area (Å²) in [6.07, 6.45) is 1.84. The van der Waals surface area contributed by atoms with E-state index in [1.807, 2.05) is 30.3 Å². The van der Waals surface area contributed by atoms with Gasteiger partial charge in [0, 0.05) is 5.88 Å².